The van der Waals surface area contributed by atoms with Crippen LogP contribution in [0.4, 0.5) is 0 Å². The van der Waals surface area contributed by atoms with Gasteiger partial charge in [-0.25, -0.2) is 0 Å². The molecule has 1 N–H and O–H groups in total. The van der Waals surface area contributed by atoms with Crippen molar-refractivity contribution in [2.24, 2.45) is 0 Å². The van der Waals surface area contributed by atoms with Crippen LogP contribution in [-0.2, 0) is 22.6 Å². The number of hydrogen-bond donors (Lipinski definition) is 1. The van der Waals surface area contributed by atoms with Gasteiger partial charge in [-0.15, -0.1) is 0 Å². The van der Waals surface area contributed by atoms with Gasteiger partial charge in [0.2, 0.25) is 0 Å². The Morgan fingerprint density at radius 1 is 1.28 bits per heavy atom. The van der Waals surface area contributed by atoms with Gasteiger partial charge in [0.15, 0.2) is 0 Å². The number of ether oxygens (including phenoxy) is 2. The zero-order valence-corrected chi connectivity index (χ0v) is 11.5. The first-order valence-corrected chi connectivity index (χ1v) is 6.56. The monoisotopic (exact) mass is 249 g/mol. The smallest absolute Gasteiger partial charge is 0.0720 e. The van der Waals surface area contributed by atoms with Crippen LogP contribution < -0.4 is 5.32 Å². The Bertz CT molecular complexity index is 384. The lowest BCUT2D eigenvalue weighted by molar-refractivity contribution is -0.0312. The van der Waals surface area contributed by atoms with Gasteiger partial charge in [0.1, 0.15) is 0 Å². The zero-order chi connectivity index (χ0) is 13.0. The highest BCUT2D eigenvalue weighted by Gasteiger charge is 2.17. The third kappa shape index (κ3) is 4.09. The molecule has 1 atom stereocenters. The second-order valence-electron chi connectivity index (χ2n) is 5.79. The van der Waals surface area contributed by atoms with E-state index in [0.29, 0.717) is 19.8 Å². The highest BCUT2D eigenvalue weighted by Crippen LogP contribution is 2.14. The highest BCUT2D eigenvalue weighted by atomic mass is 16.5. The largest absolute Gasteiger partial charge is 0.375 e. The lowest BCUT2D eigenvalue weighted by atomic mass is 10.1. The summed E-state index contributed by atoms with van der Waals surface area (Å²) in [5, 5.41) is 3.50. The third-order valence-electron chi connectivity index (χ3n) is 2.99. The molecule has 3 nitrogen and oxygen atoms in total. The van der Waals surface area contributed by atoms with Gasteiger partial charge in [-0.2, -0.15) is 0 Å². The Morgan fingerprint density at radius 2 is 2.00 bits per heavy atom. The van der Waals surface area contributed by atoms with Crippen molar-refractivity contribution in [3.63, 3.8) is 0 Å². The van der Waals surface area contributed by atoms with Crippen LogP contribution >= 0.6 is 0 Å². The van der Waals surface area contributed by atoms with Crippen molar-refractivity contribution in [3.8, 4) is 0 Å². The van der Waals surface area contributed by atoms with Crippen molar-refractivity contribution in [2.75, 3.05) is 13.2 Å². The molecular weight excluding hydrogens is 226 g/mol. The molecule has 1 aromatic carbocycles. The summed E-state index contributed by atoms with van der Waals surface area (Å²) in [4.78, 5) is 0. The molecule has 3 heteroatoms. The van der Waals surface area contributed by atoms with Gasteiger partial charge in [0, 0.05) is 6.54 Å². The van der Waals surface area contributed by atoms with Crippen LogP contribution in [0.15, 0.2) is 24.3 Å². The summed E-state index contributed by atoms with van der Waals surface area (Å²) >= 11 is 0. The molecule has 1 aromatic rings. The minimum atomic E-state index is -0.0953. The average molecular weight is 249 g/mol. The Labute approximate surface area is 109 Å². The van der Waals surface area contributed by atoms with Crippen LogP contribution in [-0.4, -0.2) is 24.9 Å². The van der Waals surface area contributed by atoms with Gasteiger partial charge in [-0.1, -0.05) is 24.3 Å². The summed E-state index contributed by atoms with van der Waals surface area (Å²) in [5.41, 5.74) is 2.50. The predicted molar refractivity (Wildman–Crippen MR) is 72.4 cm³/mol. The third-order valence-corrected chi connectivity index (χ3v) is 2.99. The maximum Gasteiger partial charge on any atom is 0.0720 e. The van der Waals surface area contributed by atoms with E-state index in [4.69, 9.17) is 9.47 Å². The zero-order valence-electron chi connectivity index (χ0n) is 11.5. The minimum Gasteiger partial charge on any atom is -0.375 e. The van der Waals surface area contributed by atoms with Crippen LogP contribution in [0.25, 0.3) is 0 Å². The molecule has 18 heavy (non-hydrogen) atoms. The summed E-state index contributed by atoms with van der Waals surface area (Å²) in [6, 6.07) is 8.67. The topological polar surface area (TPSA) is 30.5 Å². The first-order chi connectivity index (χ1) is 8.54. The van der Waals surface area contributed by atoms with E-state index in [0.717, 1.165) is 6.54 Å². The normalized spacial score (nSPS) is 20.9. The van der Waals surface area contributed by atoms with Crippen LogP contribution in [0.1, 0.15) is 31.9 Å². The van der Waals surface area contributed by atoms with Crippen LogP contribution in [0, 0.1) is 0 Å². The molecule has 1 heterocycles. The van der Waals surface area contributed by atoms with Gasteiger partial charge in [0.25, 0.3) is 0 Å². The van der Waals surface area contributed by atoms with E-state index in [1.54, 1.807) is 0 Å². The molecule has 1 unspecified atom stereocenters. The second-order valence-corrected chi connectivity index (χ2v) is 5.79. The van der Waals surface area contributed by atoms with E-state index >= 15 is 0 Å². The molecule has 0 amide bonds. The Balaban J connectivity index is 1.92. The number of benzene rings is 1. The number of nitrogens with one attached hydrogen (secondary N) is 1. The van der Waals surface area contributed by atoms with Gasteiger partial charge in [0.05, 0.1) is 31.5 Å². The molecular formula is C15H23NO2. The molecule has 0 saturated carbocycles. The molecule has 0 radical (unpaired) electrons. The van der Waals surface area contributed by atoms with Crippen LogP contribution in [0.2, 0.25) is 0 Å². The quantitative estimate of drug-likeness (QED) is 0.873. The number of fused-ring (bicyclic) bond motifs is 1. The van der Waals surface area contributed by atoms with Crippen molar-refractivity contribution < 1.29 is 9.47 Å². The first-order valence-electron chi connectivity index (χ1n) is 6.56. The summed E-state index contributed by atoms with van der Waals surface area (Å²) in [7, 11) is 0. The van der Waals surface area contributed by atoms with Gasteiger partial charge in [-0.05, 0) is 31.9 Å². The second kappa shape index (κ2) is 5.83. The molecule has 2 rings (SSSR count). The number of rotatable bonds is 2. The molecule has 0 aromatic heterocycles. The van der Waals surface area contributed by atoms with E-state index < -0.39 is 0 Å². The predicted octanol–water partition coefficient (Wildman–Crippen LogP) is 2.49. The fourth-order valence-electron chi connectivity index (χ4n) is 1.95. The highest BCUT2D eigenvalue weighted by molar-refractivity contribution is 5.26. The summed E-state index contributed by atoms with van der Waals surface area (Å²) in [6.45, 7) is 9.20. The SMILES string of the molecule is CC(C)(C)OCC1COCc2ccccc2CN1. The van der Waals surface area contributed by atoms with Crippen LogP contribution in [0.3, 0.4) is 0 Å². The molecule has 1 aliphatic rings. The standard InChI is InChI=1S/C15H23NO2/c1-15(2,3)18-11-14-10-17-9-13-7-5-4-6-12(13)8-16-14/h4-7,14,16H,8-11H2,1-3H3. The van der Waals surface area contributed by atoms with Gasteiger partial charge >= 0.3 is 0 Å². The fraction of sp³-hybridized carbons (Fsp3) is 0.600. The molecule has 0 aliphatic carbocycles. The fourth-order valence-corrected chi connectivity index (χ4v) is 1.95. The Hall–Kier alpha value is -0.900. The summed E-state index contributed by atoms with van der Waals surface area (Å²) < 4.78 is 11.5. The maximum atomic E-state index is 5.81. The van der Waals surface area contributed by atoms with Gasteiger partial charge in [-0.3, -0.25) is 0 Å². The lowest BCUT2D eigenvalue weighted by Gasteiger charge is -2.27. The van der Waals surface area contributed by atoms with Crippen LogP contribution in [0.5, 0.6) is 0 Å². The summed E-state index contributed by atoms with van der Waals surface area (Å²) in [6.07, 6.45) is 0. The average Bonchev–Trinajstić information content (AvgIpc) is 2.28. The first kappa shape index (κ1) is 13.5. The molecule has 0 spiro atoms. The van der Waals surface area contributed by atoms with E-state index in [1.165, 1.54) is 11.1 Å². The number of hydrogen-bond acceptors (Lipinski definition) is 3. The minimum absolute atomic E-state index is 0.0953. The maximum absolute atomic E-state index is 5.81. The Morgan fingerprint density at radius 3 is 2.72 bits per heavy atom. The van der Waals surface area contributed by atoms with Gasteiger partial charge < -0.3 is 14.8 Å². The lowest BCUT2D eigenvalue weighted by Crippen LogP contribution is -2.40. The Kier molecular flexibility index (Phi) is 4.38. The van der Waals surface area contributed by atoms with E-state index in [9.17, 15) is 0 Å². The molecule has 100 valence electrons. The van der Waals surface area contributed by atoms with E-state index in [-0.39, 0.29) is 11.6 Å². The molecule has 0 saturated heterocycles. The van der Waals surface area contributed by atoms with E-state index in [2.05, 4.69) is 50.4 Å². The molecule has 1 aliphatic heterocycles. The van der Waals surface area contributed by atoms with Crippen molar-refractivity contribution >= 4 is 0 Å². The van der Waals surface area contributed by atoms with Crippen molar-refractivity contribution in [1.82, 2.24) is 5.32 Å². The van der Waals surface area contributed by atoms with Crippen molar-refractivity contribution in [1.29, 1.82) is 0 Å². The molecule has 0 bridgehead atoms. The van der Waals surface area contributed by atoms with E-state index in [1.807, 2.05) is 0 Å². The van der Waals surface area contributed by atoms with Crippen molar-refractivity contribution in [3.05, 3.63) is 35.4 Å². The van der Waals surface area contributed by atoms with Crippen molar-refractivity contribution in [2.45, 2.75) is 45.6 Å². The molecule has 0 fully saturated rings. The summed E-state index contributed by atoms with van der Waals surface area (Å²) in [5.74, 6) is 0.